The van der Waals surface area contributed by atoms with Crippen molar-refractivity contribution < 1.29 is 17.9 Å². The number of rotatable bonds is 3. The van der Waals surface area contributed by atoms with Crippen LogP contribution in [0.3, 0.4) is 0 Å². The average molecular weight is 288 g/mol. The standard InChI is InChI=1S/C13H9ClF3NO/c14-6-9-5-10(8-18-7-9)19-12-4-2-1-3-11(12)13(15,16)17/h1-5,7-8H,6H2. The predicted molar refractivity (Wildman–Crippen MR) is 65.3 cm³/mol. The summed E-state index contributed by atoms with van der Waals surface area (Å²) in [5.74, 6) is 0.170. The maximum Gasteiger partial charge on any atom is 0.419 e. The molecule has 2 nitrogen and oxygen atoms in total. The second-order valence-electron chi connectivity index (χ2n) is 3.76. The molecule has 0 atom stereocenters. The zero-order valence-corrected chi connectivity index (χ0v) is 10.4. The number of aromatic nitrogens is 1. The summed E-state index contributed by atoms with van der Waals surface area (Å²) < 4.78 is 43.6. The molecule has 0 spiro atoms. The molecule has 1 aromatic heterocycles. The topological polar surface area (TPSA) is 22.1 Å². The number of alkyl halides is 4. The van der Waals surface area contributed by atoms with E-state index in [1.165, 1.54) is 30.6 Å². The average Bonchev–Trinajstić information content (AvgIpc) is 2.38. The maximum absolute atomic E-state index is 12.8. The van der Waals surface area contributed by atoms with Crippen molar-refractivity contribution in [3.8, 4) is 11.5 Å². The Morgan fingerprint density at radius 2 is 1.89 bits per heavy atom. The minimum Gasteiger partial charge on any atom is -0.455 e. The van der Waals surface area contributed by atoms with E-state index in [0.717, 1.165) is 6.07 Å². The molecular weight excluding hydrogens is 279 g/mol. The number of pyridine rings is 1. The number of hydrogen-bond donors (Lipinski definition) is 0. The summed E-state index contributed by atoms with van der Waals surface area (Å²) in [6.45, 7) is 0. The first-order chi connectivity index (χ1) is 9.00. The Labute approximate surface area is 112 Å². The zero-order chi connectivity index (χ0) is 13.9. The molecule has 0 N–H and O–H groups in total. The van der Waals surface area contributed by atoms with Crippen LogP contribution in [0, 0.1) is 0 Å². The van der Waals surface area contributed by atoms with Gasteiger partial charge in [0.1, 0.15) is 11.5 Å². The molecule has 1 aromatic carbocycles. The SMILES string of the molecule is FC(F)(F)c1ccccc1Oc1cncc(CCl)c1. The van der Waals surface area contributed by atoms with Crippen LogP contribution in [0.4, 0.5) is 13.2 Å². The van der Waals surface area contributed by atoms with E-state index in [1.54, 1.807) is 6.07 Å². The van der Waals surface area contributed by atoms with E-state index in [0.29, 0.717) is 5.56 Å². The summed E-state index contributed by atoms with van der Waals surface area (Å²) in [5.41, 5.74) is -0.157. The molecule has 2 rings (SSSR count). The first kappa shape index (κ1) is 13.7. The van der Waals surface area contributed by atoms with Gasteiger partial charge < -0.3 is 4.74 Å². The lowest BCUT2D eigenvalue weighted by Crippen LogP contribution is -2.06. The van der Waals surface area contributed by atoms with Crippen molar-refractivity contribution in [2.24, 2.45) is 0 Å². The van der Waals surface area contributed by atoms with Crippen LogP contribution in [0.15, 0.2) is 42.7 Å². The van der Waals surface area contributed by atoms with Gasteiger partial charge >= 0.3 is 6.18 Å². The van der Waals surface area contributed by atoms with E-state index >= 15 is 0 Å². The Morgan fingerprint density at radius 1 is 1.16 bits per heavy atom. The number of ether oxygens (including phenoxy) is 1. The summed E-state index contributed by atoms with van der Waals surface area (Å²) in [6.07, 6.45) is -1.60. The fourth-order valence-electron chi connectivity index (χ4n) is 1.51. The highest BCUT2D eigenvalue weighted by Crippen LogP contribution is 2.37. The Hall–Kier alpha value is -1.75. The van der Waals surface area contributed by atoms with Crippen molar-refractivity contribution in [2.75, 3.05) is 0 Å². The maximum atomic E-state index is 12.8. The minimum absolute atomic E-state index is 0.213. The first-order valence-corrected chi connectivity index (χ1v) is 5.88. The van der Waals surface area contributed by atoms with Gasteiger partial charge in [0.05, 0.1) is 11.8 Å². The van der Waals surface area contributed by atoms with E-state index in [4.69, 9.17) is 16.3 Å². The van der Waals surface area contributed by atoms with Crippen LogP contribution in [0.5, 0.6) is 11.5 Å². The fraction of sp³-hybridized carbons (Fsp3) is 0.154. The van der Waals surface area contributed by atoms with Gasteiger partial charge in [0.15, 0.2) is 0 Å². The van der Waals surface area contributed by atoms with Crippen molar-refractivity contribution in [3.05, 3.63) is 53.9 Å². The highest BCUT2D eigenvalue weighted by Gasteiger charge is 2.34. The van der Waals surface area contributed by atoms with Crippen LogP contribution < -0.4 is 4.74 Å². The molecular formula is C13H9ClF3NO. The third-order valence-electron chi connectivity index (χ3n) is 2.34. The Bertz CT molecular complexity index is 572. The molecule has 0 fully saturated rings. The molecule has 0 aliphatic heterocycles. The first-order valence-electron chi connectivity index (χ1n) is 5.34. The Morgan fingerprint density at radius 3 is 2.58 bits per heavy atom. The molecule has 0 saturated carbocycles. The van der Waals surface area contributed by atoms with Gasteiger partial charge in [-0.25, -0.2) is 0 Å². The van der Waals surface area contributed by atoms with Crippen molar-refractivity contribution in [1.82, 2.24) is 4.98 Å². The van der Waals surface area contributed by atoms with Crippen LogP contribution in [0.25, 0.3) is 0 Å². The van der Waals surface area contributed by atoms with Crippen LogP contribution in [0.2, 0.25) is 0 Å². The van der Waals surface area contributed by atoms with E-state index in [-0.39, 0.29) is 17.4 Å². The van der Waals surface area contributed by atoms with Crippen LogP contribution >= 0.6 is 11.6 Å². The van der Waals surface area contributed by atoms with Crippen LogP contribution in [0.1, 0.15) is 11.1 Å². The highest BCUT2D eigenvalue weighted by molar-refractivity contribution is 6.17. The van der Waals surface area contributed by atoms with Gasteiger partial charge in [-0.15, -0.1) is 11.6 Å². The fourth-order valence-corrected chi connectivity index (χ4v) is 1.66. The van der Waals surface area contributed by atoms with Crippen molar-refractivity contribution >= 4 is 11.6 Å². The summed E-state index contributed by atoms with van der Waals surface area (Å²) in [4.78, 5) is 3.85. The molecule has 6 heteroatoms. The van der Waals surface area contributed by atoms with Gasteiger partial charge in [0, 0.05) is 12.1 Å². The Kier molecular flexibility index (Phi) is 3.95. The van der Waals surface area contributed by atoms with E-state index in [1.807, 2.05) is 0 Å². The van der Waals surface area contributed by atoms with E-state index in [9.17, 15) is 13.2 Å². The molecule has 0 aliphatic carbocycles. The second-order valence-corrected chi connectivity index (χ2v) is 4.03. The minimum atomic E-state index is -4.46. The normalized spacial score (nSPS) is 11.4. The largest absolute Gasteiger partial charge is 0.455 e. The molecule has 1 heterocycles. The predicted octanol–water partition coefficient (Wildman–Crippen LogP) is 4.63. The summed E-state index contributed by atoms with van der Waals surface area (Å²) >= 11 is 5.63. The quantitative estimate of drug-likeness (QED) is 0.768. The summed E-state index contributed by atoms with van der Waals surface area (Å²) in [7, 11) is 0. The van der Waals surface area contributed by atoms with Crippen molar-refractivity contribution in [2.45, 2.75) is 12.1 Å². The number of para-hydroxylation sites is 1. The van der Waals surface area contributed by atoms with Gasteiger partial charge in [-0.05, 0) is 23.8 Å². The molecule has 0 bridgehead atoms. The monoisotopic (exact) mass is 287 g/mol. The van der Waals surface area contributed by atoms with E-state index in [2.05, 4.69) is 4.98 Å². The van der Waals surface area contributed by atoms with Crippen molar-refractivity contribution in [1.29, 1.82) is 0 Å². The molecule has 0 saturated heterocycles. The number of halogens is 4. The van der Waals surface area contributed by atoms with Crippen LogP contribution in [-0.2, 0) is 12.1 Å². The van der Waals surface area contributed by atoms with Gasteiger partial charge in [-0.1, -0.05) is 12.1 Å². The number of nitrogens with zero attached hydrogens (tertiary/aromatic N) is 1. The lowest BCUT2D eigenvalue weighted by atomic mass is 10.2. The molecule has 0 unspecified atom stereocenters. The third-order valence-corrected chi connectivity index (χ3v) is 2.65. The molecule has 19 heavy (non-hydrogen) atoms. The van der Waals surface area contributed by atoms with Gasteiger partial charge in [-0.2, -0.15) is 13.2 Å². The van der Waals surface area contributed by atoms with Crippen LogP contribution in [-0.4, -0.2) is 4.98 Å². The van der Waals surface area contributed by atoms with Crippen molar-refractivity contribution in [3.63, 3.8) is 0 Å². The summed E-state index contributed by atoms with van der Waals surface area (Å²) in [5, 5.41) is 0. The summed E-state index contributed by atoms with van der Waals surface area (Å²) in [6, 6.07) is 6.56. The molecule has 0 radical (unpaired) electrons. The lowest BCUT2D eigenvalue weighted by Gasteiger charge is -2.13. The second kappa shape index (κ2) is 5.48. The van der Waals surface area contributed by atoms with E-state index < -0.39 is 11.7 Å². The zero-order valence-electron chi connectivity index (χ0n) is 9.62. The molecule has 0 aliphatic rings. The number of benzene rings is 1. The van der Waals surface area contributed by atoms with Gasteiger partial charge in [-0.3, -0.25) is 4.98 Å². The highest BCUT2D eigenvalue weighted by atomic mass is 35.5. The smallest absolute Gasteiger partial charge is 0.419 e. The Balaban J connectivity index is 2.33. The molecule has 0 amide bonds. The molecule has 2 aromatic rings. The lowest BCUT2D eigenvalue weighted by molar-refractivity contribution is -0.138. The molecule has 100 valence electrons. The third kappa shape index (κ3) is 3.38. The van der Waals surface area contributed by atoms with Gasteiger partial charge in [0.25, 0.3) is 0 Å². The van der Waals surface area contributed by atoms with Gasteiger partial charge in [0.2, 0.25) is 0 Å². The number of hydrogen-bond acceptors (Lipinski definition) is 2.